The fourth-order valence-electron chi connectivity index (χ4n) is 2.57. The van der Waals surface area contributed by atoms with Gasteiger partial charge in [-0.3, -0.25) is 0 Å². The molecule has 0 radical (unpaired) electrons. The Morgan fingerprint density at radius 1 is 1.25 bits per heavy atom. The molecule has 1 aliphatic carbocycles. The maximum Gasteiger partial charge on any atom is 0.0310 e. The highest BCUT2D eigenvalue weighted by atomic mass is 32.2. The Balaban J connectivity index is 2.04. The molecule has 1 heterocycles. The van der Waals surface area contributed by atoms with Crippen LogP contribution in [0, 0.1) is 0 Å². The van der Waals surface area contributed by atoms with Crippen LogP contribution >= 0.6 is 11.8 Å². The summed E-state index contributed by atoms with van der Waals surface area (Å²) in [5, 5.41) is 3.62. The Labute approximate surface area is 79.7 Å². The minimum atomic E-state index is 0.622. The summed E-state index contributed by atoms with van der Waals surface area (Å²) >= 11 is 2.23. The Hall–Kier alpha value is 0.310. The first-order chi connectivity index (χ1) is 5.83. The van der Waals surface area contributed by atoms with E-state index < -0.39 is 0 Å². The largest absolute Gasteiger partial charge is 0.312 e. The summed E-state index contributed by atoms with van der Waals surface area (Å²) in [4.78, 5) is 0. The smallest absolute Gasteiger partial charge is 0.0310 e. The van der Waals surface area contributed by atoms with E-state index in [0.717, 1.165) is 6.04 Å². The van der Waals surface area contributed by atoms with Crippen molar-refractivity contribution in [3.05, 3.63) is 0 Å². The van der Waals surface area contributed by atoms with Gasteiger partial charge in [0, 0.05) is 23.1 Å². The van der Waals surface area contributed by atoms with Crippen LogP contribution in [0.3, 0.4) is 0 Å². The quantitative estimate of drug-likeness (QED) is 0.622. The molecule has 0 aromatic rings. The number of rotatable bonds is 0. The van der Waals surface area contributed by atoms with Gasteiger partial charge >= 0.3 is 0 Å². The fraction of sp³-hybridized carbons (Fsp3) is 1.00. The molecule has 0 aromatic heterocycles. The first-order valence-electron chi connectivity index (χ1n) is 5.21. The van der Waals surface area contributed by atoms with Crippen molar-refractivity contribution in [2.24, 2.45) is 0 Å². The van der Waals surface area contributed by atoms with Gasteiger partial charge < -0.3 is 5.32 Å². The van der Waals surface area contributed by atoms with Gasteiger partial charge in [0.05, 0.1) is 0 Å². The lowest BCUT2D eigenvalue weighted by molar-refractivity contribution is 0.314. The van der Waals surface area contributed by atoms with Crippen LogP contribution in [0.15, 0.2) is 0 Å². The van der Waals surface area contributed by atoms with Gasteiger partial charge in [-0.1, -0.05) is 19.3 Å². The zero-order chi connectivity index (χ0) is 8.44. The summed E-state index contributed by atoms with van der Waals surface area (Å²) in [5.74, 6) is 1.32. The minimum Gasteiger partial charge on any atom is -0.312 e. The monoisotopic (exact) mass is 185 g/mol. The maximum absolute atomic E-state index is 3.62. The molecule has 1 nitrogen and oxygen atoms in total. The molecule has 2 heteroatoms. The van der Waals surface area contributed by atoms with Gasteiger partial charge in [0.2, 0.25) is 0 Å². The molecule has 1 saturated carbocycles. The molecule has 1 spiro atoms. The van der Waals surface area contributed by atoms with Crippen LogP contribution < -0.4 is 5.32 Å². The van der Waals surface area contributed by atoms with Crippen LogP contribution in [-0.2, 0) is 0 Å². The van der Waals surface area contributed by atoms with Crippen molar-refractivity contribution in [1.29, 1.82) is 0 Å². The van der Waals surface area contributed by atoms with E-state index in [1.54, 1.807) is 0 Å². The summed E-state index contributed by atoms with van der Waals surface area (Å²) in [6.07, 6.45) is 7.28. The second-order valence-electron chi connectivity index (χ2n) is 4.15. The van der Waals surface area contributed by atoms with Gasteiger partial charge in [0.15, 0.2) is 0 Å². The summed E-state index contributed by atoms with van der Waals surface area (Å²) in [7, 11) is 0. The number of nitrogens with one attached hydrogen (secondary N) is 1. The Bertz CT molecular complexity index is 144. The highest BCUT2D eigenvalue weighted by Gasteiger charge is 2.39. The van der Waals surface area contributed by atoms with Crippen LogP contribution in [0.2, 0.25) is 0 Å². The van der Waals surface area contributed by atoms with Crippen molar-refractivity contribution in [1.82, 2.24) is 5.32 Å². The van der Waals surface area contributed by atoms with Gasteiger partial charge in [0.1, 0.15) is 0 Å². The van der Waals surface area contributed by atoms with Crippen LogP contribution in [0.4, 0.5) is 0 Å². The van der Waals surface area contributed by atoms with E-state index in [9.17, 15) is 0 Å². The highest BCUT2D eigenvalue weighted by Crippen LogP contribution is 2.43. The Kier molecular flexibility index (Phi) is 2.66. The zero-order valence-electron chi connectivity index (χ0n) is 7.94. The SMILES string of the molecule is C[C@@H]1NCCSC12CCCCC2. The lowest BCUT2D eigenvalue weighted by atomic mass is 9.83. The van der Waals surface area contributed by atoms with E-state index in [1.165, 1.54) is 44.4 Å². The first kappa shape index (κ1) is 8.89. The van der Waals surface area contributed by atoms with Gasteiger partial charge in [-0.05, 0) is 19.8 Å². The van der Waals surface area contributed by atoms with Crippen molar-refractivity contribution >= 4 is 11.8 Å². The molecule has 70 valence electrons. The molecule has 1 N–H and O–H groups in total. The van der Waals surface area contributed by atoms with Crippen molar-refractivity contribution in [3.63, 3.8) is 0 Å². The topological polar surface area (TPSA) is 12.0 Å². The summed E-state index contributed by atoms with van der Waals surface area (Å²) in [5.41, 5.74) is 0. The highest BCUT2D eigenvalue weighted by molar-refractivity contribution is 8.00. The van der Waals surface area contributed by atoms with Gasteiger partial charge in [-0.15, -0.1) is 0 Å². The van der Waals surface area contributed by atoms with Crippen LogP contribution in [0.5, 0.6) is 0 Å². The molecule has 12 heavy (non-hydrogen) atoms. The molecule has 1 aliphatic heterocycles. The molecular weight excluding hydrogens is 166 g/mol. The van der Waals surface area contributed by atoms with Gasteiger partial charge in [0.25, 0.3) is 0 Å². The van der Waals surface area contributed by atoms with Crippen molar-refractivity contribution in [2.75, 3.05) is 12.3 Å². The molecule has 2 aliphatic rings. The third-order valence-corrected chi connectivity index (χ3v) is 5.18. The summed E-state index contributed by atoms with van der Waals surface area (Å²) < 4.78 is 0.622. The van der Waals surface area contributed by atoms with Crippen LogP contribution in [0.25, 0.3) is 0 Å². The molecule has 1 saturated heterocycles. The van der Waals surface area contributed by atoms with E-state index in [-0.39, 0.29) is 0 Å². The summed E-state index contributed by atoms with van der Waals surface area (Å²) in [6.45, 7) is 3.59. The van der Waals surface area contributed by atoms with E-state index in [1.807, 2.05) is 0 Å². The van der Waals surface area contributed by atoms with Crippen molar-refractivity contribution < 1.29 is 0 Å². The zero-order valence-corrected chi connectivity index (χ0v) is 8.75. The minimum absolute atomic E-state index is 0.622. The Morgan fingerprint density at radius 2 is 2.00 bits per heavy atom. The molecule has 1 atom stereocenters. The molecule has 2 fully saturated rings. The Morgan fingerprint density at radius 3 is 2.67 bits per heavy atom. The summed E-state index contributed by atoms with van der Waals surface area (Å²) in [6, 6.07) is 0.747. The van der Waals surface area contributed by atoms with Gasteiger partial charge in [-0.25, -0.2) is 0 Å². The molecule has 0 bridgehead atoms. The lowest BCUT2D eigenvalue weighted by Gasteiger charge is -2.45. The third-order valence-electron chi connectivity index (χ3n) is 3.43. The standard InChI is InChI=1S/C10H19NS/c1-9-10(12-8-7-11-9)5-3-2-4-6-10/h9,11H,2-8H2,1H3/t9-/m0/s1. The lowest BCUT2D eigenvalue weighted by Crippen LogP contribution is -2.52. The van der Waals surface area contributed by atoms with Crippen LogP contribution in [-0.4, -0.2) is 23.1 Å². The number of hydrogen-bond acceptors (Lipinski definition) is 2. The average molecular weight is 185 g/mol. The fourth-order valence-corrected chi connectivity index (χ4v) is 4.11. The predicted octanol–water partition coefficient (Wildman–Crippen LogP) is 2.41. The van der Waals surface area contributed by atoms with E-state index in [0.29, 0.717) is 4.75 Å². The number of thioether (sulfide) groups is 1. The first-order valence-corrected chi connectivity index (χ1v) is 6.19. The second kappa shape index (κ2) is 3.59. The molecule has 0 unspecified atom stereocenters. The molecule has 0 amide bonds. The van der Waals surface area contributed by atoms with Gasteiger partial charge in [-0.2, -0.15) is 11.8 Å². The van der Waals surface area contributed by atoms with E-state index >= 15 is 0 Å². The second-order valence-corrected chi connectivity index (χ2v) is 5.66. The third kappa shape index (κ3) is 1.51. The molecular formula is C10H19NS. The number of hydrogen-bond donors (Lipinski definition) is 1. The average Bonchev–Trinajstić information content (AvgIpc) is 2.12. The van der Waals surface area contributed by atoms with Crippen molar-refractivity contribution in [2.45, 2.75) is 49.8 Å². The van der Waals surface area contributed by atoms with E-state index in [4.69, 9.17) is 0 Å². The maximum atomic E-state index is 3.62. The molecule has 2 rings (SSSR count). The molecule has 0 aromatic carbocycles. The normalized spacial score (nSPS) is 35.2. The predicted molar refractivity (Wildman–Crippen MR) is 55.7 cm³/mol. The van der Waals surface area contributed by atoms with Crippen molar-refractivity contribution in [3.8, 4) is 0 Å². The van der Waals surface area contributed by atoms with E-state index in [2.05, 4.69) is 24.0 Å². The van der Waals surface area contributed by atoms with Crippen LogP contribution in [0.1, 0.15) is 39.0 Å².